The lowest BCUT2D eigenvalue weighted by atomic mass is 10.1. The molecule has 0 saturated carbocycles. The quantitative estimate of drug-likeness (QED) is 0.340. The summed E-state index contributed by atoms with van der Waals surface area (Å²) in [5, 5.41) is 26.5. The second kappa shape index (κ2) is 7.59. The molecule has 0 heterocycles. The van der Waals surface area contributed by atoms with Crippen molar-refractivity contribution in [3.05, 3.63) is 35.9 Å². The number of carboxylic acids is 1. The van der Waals surface area contributed by atoms with Crippen LogP contribution in [0.4, 0.5) is 0 Å². The van der Waals surface area contributed by atoms with Gasteiger partial charge in [0.15, 0.2) is 0 Å². The maximum atomic E-state index is 11.0. The minimum atomic E-state index is -1.64. The lowest BCUT2D eigenvalue weighted by molar-refractivity contribution is -0.146. The molecule has 0 fully saturated rings. The molecule has 20 heavy (non-hydrogen) atoms. The van der Waals surface area contributed by atoms with E-state index in [0.29, 0.717) is 31.3 Å². The predicted octanol–water partition coefficient (Wildman–Crippen LogP) is 1.92. The Labute approximate surface area is 115 Å². The van der Waals surface area contributed by atoms with E-state index in [1.165, 1.54) is 12.1 Å². The van der Waals surface area contributed by atoms with Crippen LogP contribution in [0.3, 0.4) is 0 Å². The van der Waals surface area contributed by atoms with Crippen molar-refractivity contribution in [1.82, 2.24) is 0 Å². The Morgan fingerprint density at radius 2 is 2.10 bits per heavy atom. The molecule has 0 spiro atoms. The van der Waals surface area contributed by atoms with E-state index in [1.54, 1.807) is 12.1 Å². The molecule has 0 saturated heterocycles. The van der Waals surface area contributed by atoms with Crippen LogP contribution in [-0.2, 0) is 9.59 Å². The molecule has 0 atom stereocenters. The Hall–Kier alpha value is -2.81. The van der Waals surface area contributed by atoms with Gasteiger partial charge in [0.2, 0.25) is 0 Å². The van der Waals surface area contributed by atoms with Gasteiger partial charge in [-0.15, -0.1) is 0 Å². The summed E-state index contributed by atoms with van der Waals surface area (Å²) >= 11 is 0. The molecule has 0 bridgehead atoms. The van der Waals surface area contributed by atoms with E-state index in [0.717, 1.165) is 0 Å². The molecule has 6 heteroatoms. The predicted molar refractivity (Wildman–Crippen MR) is 70.0 cm³/mol. The van der Waals surface area contributed by atoms with Gasteiger partial charge >= 0.3 is 5.97 Å². The number of carbonyl (C=O) groups excluding carboxylic acids is 1. The van der Waals surface area contributed by atoms with Gasteiger partial charge in [-0.25, -0.2) is 4.79 Å². The van der Waals surface area contributed by atoms with E-state index >= 15 is 0 Å². The van der Waals surface area contributed by atoms with Crippen LogP contribution in [0.5, 0.6) is 5.75 Å². The van der Waals surface area contributed by atoms with Crippen molar-refractivity contribution in [3.8, 4) is 11.8 Å². The summed E-state index contributed by atoms with van der Waals surface area (Å²) in [6.45, 7) is 0.357. The number of carbonyl (C=O) groups is 2. The van der Waals surface area contributed by atoms with Crippen LogP contribution in [0.25, 0.3) is 5.76 Å². The number of benzene rings is 1. The maximum absolute atomic E-state index is 11.0. The number of unbranched alkanes of at least 4 members (excludes halogenated alkanes) is 1. The number of ketones is 1. The number of nitrogens with zero attached hydrogens (tertiary/aromatic N) is 1. The van der Waals surface area contributed by atoms with Crippen LogP contribution >= 0.6 is 0 Å². The lowest BCUT2D eigenvalue weighted by Gasteiger charge is -2.06. The van der Waals surface area contributed by atoms with Crippen molar-refractivity contribution < 1.29 is 24.5 Å². The number of ether oxygens (including phenoxy) is 1. The van der Waals surface area contributed by atoms with Crippen molar-refractivity contribution in [3.63, 3.8) is 0 Å². The topological polar surface area (TPSA) is 108 Å². The van der Waals surface area contributed by atoms with E-state index in [4.69, 9.17) is 15.1 Å². The summed E-state index contributed by atoms with van der Waals surface area (Å²) in [6.07, 6.45) is 1.61. The molecule has 1 aromatic carbocycles. The minimum Gasteiger partial charge on any atom is -0.507 e. The zero-order chi connectivity index (χ0) is 15.0. The van der Waals surface area contributed by atoms with E-state index in [9.17, 15) is 14.7 Å². The first-order valence-electron chi connectivity index (χ1n) is 5.82. The van der Waals surface area contributed by atoms with Crippen LogP contribution in [-0.4, -0.2) is 28.6 Å². The number of hydrogen-bond acceptors (Lipinski definition) is 5. The third-order valence-electron chi connectivity index (χ3n) is 2.31. The normalized spacial score (nSPS) is 10.7. The van der Waals surface area contributed by atoms with E-state index < -0.39 is 17.5 Å². The molecular weight excluding hydrogens is 262 g/mol. The number of aliphatic hydroxyl groups excluding tert-OH is 1. The molecule has 0 unspecified atom stereocenters. The van der Waals surface area contributed by atoms with Gasteiger partial charge in [0.1, 0.15) is 11.5 Å². The fourth-order valence-corrected chi connectivity index (χ4v) is 1.36. The summed E-state index contributed by atoms with van der Waals surface area (Å²) in [5.41, 5.74) is 0.275. The highest BCUT2D eigenvalue weighted by Crippen LogP contribution is 2.19. The number of aliphatic hydroxyl groups is 1. The summed E-state index contributed by atoms with van der Waals surface area (Å²) in [6, 6.07) is 8.25. The fraction of sp³-hybridized carbons (Fsp3) is 0.214. The van der Waals surface area contributed by atoms with Crippen molar-refractivity contribution >= 4 is 17.5 Å². The second-order valence-electron chi connectivity index (χ2n) is 3.84. The van der Waals surface area contributed by atoms with Crippen molar-refractivity contribution in [2.24, 2.45) is 0 Å². The summed E-state index contributed by atoms with van der Waals surface area (Å²) < 4.78 is 5.36. The van der Waals surface area contributed by atoms with Gasteiger partial charge in [0.05, 0.1) is 12.7 Å². The summed E-state index contributed by atoms with van der Waals surface area (Å²) in [7, 11) is 0. The molecule has 2 N–H and O–H groups in total. The van der Waals surface area contributed by atoms with Crippen molar-refractivity contribution in [2.45, 2.75) is 12.8 Å². The number of aliphatic carboxylic acids is 1. The molecule has 0 aliphatic carbocycles. The summed E-state index contributed by atoms with van der Waals surface area (Å²) in [5.74, 6) is -2.83. The van der Waals surface area contributed by atoms with Gasteiger partial charge in [0, 0.05) is 18.1 Å². The van der Waals surface area contributed by atoms with Crippen LogP contribution in [0.1, 0.15) is 18.4 Å². The number of hydrogen-bond donors (Lipinski definition) is 2. The average Bonchev–Trinajstić information content (AvgIpc) is 2.43. The first kappa shape index (κ1) is 15.2. The van der Waals surface area contributed by atoms with Gasteiger partial charge < -0.3 is 14.9 Å². The fourth-order valence-electron chi connectivity index (χ4n) is 1.36. The molecule has 0 radical (unpaired) electrons. The van der Waals surface area contributed by atoms with E-state index in [1.807, 2.05) is 6.07 Å². The molecule has 0 amide bonds. The molecule has 1 aromatic rings. The maximum Gasteiger partial charge on any atom is 0.376 e. The van der Waals surface area contributed by atoms with E-state index in [2.05, 4.69) is 0 Å². The van der Waals surface area contributed by atoms with Crippen LogP contribution in [0.15, 0.2) is 30.3 Å². The third kappa shape index (κ3) is 4.82. The standard InChI is InChI=1S/C14H13NO5/c15-6-1-2-7-20-11-5-3-4-10(8-11)12(16)9-13(17)14(18)19/h3-5,8-9,16H,1-2,7H2,(H,18,19)/b12-9-. The Morgan fingerprint density at radius 1 is 1.35 bits per heavy atom. The highest BCUT2D eigenvalue weighted by Gasteiger charge is 2.10. The van der Waals surface area contributed by atoms with Crippen molar-refractivity contribution in [2.75, 3.05) is 6.61 Å². The number of nitriles is 1. The summed E-state index contributed by atoms with van der Waals surface area (Å²) in [4.78, 5) is 21.3. The SMILES string of the molecule is N#CCCCOc1cccc(/C(O)=C/C(=O)C(=O)O)c1. The van der Waals surface area contributed by atoms with E-state index in [-0.39, 0.29) is 5.56 Å². The van der Waals surface area contributed by atoms with Gasteiger partial charge in [-0.05, 0) is 18.6 Å². The Bertz CT molecular complexity index is 571. The molecule has 104 valence electrons. The minimum absolute atomic E-state index is 0.275. The van der Waals surface area contributed by atoms with Crippen LogP contribution < -0.4 is 4.74 Å². The first-order chi connectivity index (χ1) is 9.54. The highest BCUT2D eigenvalue weighted by atomic mass is 16.5. The Morgan fingerprint density at radius 3 is 2.75 bits per heavy atom. The largest absolute Gasteiger partial charge is 0.507 e. The van der Waals surface area contributed by atoms with Crippen LogP contribution in [0, 0.1) is 11.3 Å². The molecule has 6 nitrogen and oxygen atoms in total. The van der Waals surface area contributed by atoms with Gasteiger partial charge in [0.25, 0.3) is 5.78 Å². The zero-order valence-corrected chi connectivity index (χ0v) is 10.6. The van der Waals surface area contributed by atoms with Crippen molar-refractivity contribution in [1.29, 1.82) is 5.26 Å². The molecule has 0 aromatic heterocycles. The molecule has 0 aliphatic rings. The monoisotopic (exact) mass is 275 g/mol. The van der Waals surface area contributed by atoms with Crippen LogP contribution in [0.2, 0.25) is 0 Å². The Balaban J connectivity index is 2.75. The number of rotatable bonds is 7. The molecule has 0 aliphatic heterocycles. The first-order valence-corrected chi connectivity index (χ1v) is 5.82. The van der Waals surface area contributed by atoms with Gasteiger partial charge in [-0.3, -0.25) is 4.79 Å². The molecular formula is C14H13NO5. The smallest absolute Gasteiger partial charge is 0.376 e. The molecule has 1 rings (SSSR count). The zero-order valence-electron chi connectivity index (χ0n) is 10.6. The van der Waals surface area contributed by atoms with Gasteiger partial charge in [-0.2, -0.15) is 5.26 Å². The number of carboxylic acid groups (broad SMARTS) is 1. The average molecular weight is 275 g/mol. The van der Waals surface area contributed by atoms with Gasteiger partial charge in [-0.1, -0.05) is 12.1 Å². The third-order valence-corrected chi connectivity index (χ3v) is 2.31. The highest BCUT2D eigenvalue weighted by molar-refractivity contribution is 6.38. The lowest BCUT2D eigenvalue weighted by Crippen LogP contribution is -2.09. The Kier molecular flexibility index (Phi) is 5.78. The second-order valence-corrected chi connectivity index (χ2v) is 3.84.